The molecule has 1 N–H and O–H groups in total. The Morgan fingerprint density at radius 2 is 1.76 bits per heavy atom. The number of rotatable bonds is 3. The summed E-state index contributed by atoms with van der Waals surface area (Å²) in [6.45, 7) is 10.5. The molecule has 0 aromatic heterocycles. The average Bonchev–Trinajstić information content (AvgIpc) is 2.46. The Balaban J connectivity index is 1.78. The minimum atomic E-state index is -0.158. The van der Waals surface area contributed by atoms with Gasteiger partial charge in [-0.3, -0.25) is 0 Å². The maximum absolute atomic E-state index is 13.2. The first-order valence-electron chi connectivity index (χ1n) is 8.17. The normalized spacial score (nSPS) is 30.4. The molecule has 3 aliphatic rings. The smallest absolute Gasteiger partial charge is 0.123 e. The first kappa shape index (κ1) is 15.0. The molecule has 0 radical (unpaired) electrons. The molecule has 2 atom stereocenters. The van der Waals surface area contributed by atoms with Gasteiger partial charge in [0.2, 0.25) is 0 Å². The standard InChI is InChI=1S/C18H27FN2/c1-18(2,3)17(14-4-6-15(19)7-5-14)20-16-12-21-10-8-13(16)9-11-21/h4-7,13,16-17,20H,8-12H2,1-3H3. The minimum Gasteiger partial charge on any atom is -0.305 e. The molecule has 2 unspecified atom stereocenters. The molecule has 3 heterocycles. The topological polar surface area (TPSA) is 15.3 Å². The highest BCUT2D eigenvalue weighted by Gasteiger charge is 2.37. The Labute approximate surface area is 127 Å². The number of benzene rings is 1. The lowest BCUT2D eigenvalue weighted by atomic mass is 9.78. The third-order valence-corrected chi connectivity index (χ3v) is 5.11. The number of nitrogens with one attached hydrogen (secondary N) is 1. The number of nitrogens with zero attached hydrogens (tertiary/aromatic N) is 1. The molecule has 21 heavy (non-hydrogen) atoms. The van der Waals surface area contributed by atoms with Gasteiger partial charge < -0.3 is 10.2 Å². The number of piperidine rings is 3. The predicted molar refractivity (Wildman–Crippen MR) is 84.7 cm³/mol. The Morgan fingerprint density at radius 3 is 2.24 bits per heavy atom. The summed E-state index contributed by atoms with van der Waals surface area (Å²) in [4.78, 5) is 2.57. The third kappa shape index (κ3) is 3.29. The fourth-order valence-corrected chi connectivity index (χ4v) is 3.87. The zero-order valence-corrected chi connectivity index (χ0v) is 13.4. The van der Waals surface area contributed by atoms with Gasteiger partial charge in [-0.25, -0.2) is 4.39 Å². The molecular formula is C18H27FN2. The molecule has 3 aliphatic heterocycles. The molecule has 116 valence electrons. The first-order valence-corrected chi connectivity index (χ1v) is 8.17. The van der Waals surface area contributed by atoms with E-state index in [9.17, 15) is 4.39 Å². The molecular weight excluding hydrogens is 263 g/mol. The van der Waals surface area contributed by atoms with Crippen LogP contribution in [0.2, 0.25) is 0 Å². The highest BCUT2D eigenvalue weighted by atomic mass is 19.1. The van der Waals surface area contributed by atoms with Crippen LogP contribution in [0.5, 0.6) is 0 Å². The van der Waals surface area contributed by atoms with Crippen LogP contribution in [0.1, 0.15) is 45.2 Å². The Hall–Kier alpha value is -0.930. The van der Waals surface area contributed by atoms with Gasteiger partial charge in [-0.15, -0.1) is 0 Å². The van der Waals surface area contributed by atoms with Crippen molar-refractivity contribution in [1.82, 2.24) is 10.2 Å². The van der Waals surface area contributed by atoms with E-state index in [1.807, 2.05) is 12.1 Å². The van der Waals surface area contributed by atoms with Gasteiger partial charge in [-0.1, -0.05) is 32.9 Å². The molecule has 0 spiro atoms. The van der Waals surface area contributed by atoms with E-state index in [4.69, 9.17) is 0 Å². The predicted octanol–water partition coefficient (Wildman–Crippen LogP) is 3.60. The van der Waals surface area contributed by atoms with Gasteiger partial charge in [0.1, 0.15) is 5.82 Å². The summed E-state index contributed by atoms with van der Waals surface area (Å²) < 4.78 is 13.2. The zero-order valence-electron chi connectivity index (χ0n) is 13.4. The van der Waals surface area contributed by atoms with Crippen LogP contribution >= 0.6 is 0 Å². The van der Waals surface area contributed by atoms with Crippen molar-refractivity contribution in [1.29, 1.82) is 0 Å². The second-order valence-corrected chi connectivity index (χ2v) is 7.76. The molecule has 2 bridgehead atoms. The second kappa shape index (κ2) is 5.69. The maximum atomic E-state index is 13.2. The van der Waals surface area contributed by atoms with Crippen LogP contribution in [-0.2, 0) is 0 Å². The van der Waals surface area contributed by atoms with E-state index >= 15 is 0 Å². The highest BCUT2D eigenvalue weighted by molar-refractivity contribution is 5.22. The molecule has 3 saturated heterocycles. The molecule has 0 amide bonds. The lowest BCUT2D eigenvalue weighted by Crippen LogP contribution is -2.57. The van der Waals surface area contributed by atoms with Gasteiger partial charge in [0, 0.05) is 18.6 Å². The number of hydrogen-bond acceptors (Lipinski definition) is 2. The van der Waals surface area contributed by atoms with Crippen LogP contribution in [0.4, 0.5) is 4.39 Å². The molecule has 2 nitrogen and oxygen atoms in total. The average molecular weight is 290 g/mol. The zero-order chi connectivity index (χ0) is 15.0. The second-order valence-electron chi connectivity index (χ2n) is 7.76. The largest absolute Gasteiger partial charge is 0.305 e. The van der Waals surface area contributed by atoms with Crippen LogP contribution < -0.4 is 5.32 Å². The molecule has 3 fully saturated rings. The fourth-order valence-electron chi connectivity index (χ4n) is 3.87. The molecule has 0 saturated carbocycles. The van der Waals surface area contributed by atoms with Crippen LogP contribution in [0, 0.1) is 17.2 Å². The van der Waals surface area contributed by atoms with Crippen LogP contribution in [0.3, 0.4) is 0 Å². The molecule has 4 rings (SSSR count). The van der Waals surface area contributed by atoms with Gasteiger partial charge in [0.15, 0.2) is 0 Å². The van der Waals surface area contributed by atoms with E-state index in [-0.39, 0.29) is 17.3 Å². The van der Waals surface area contributed by atoms with Crippen molar-refractivity contribution in [2.75, 3.05) is 19.6 Å². The first-order chi connectivity index (χ1) is 9.93. The van der Waals surface area contributed by atoms with Crippen LogP contribution in [0.15, 0.2) is 24.3 Å². The third-order valence-electron chi connectivity index (χ3n) is 5.11. The van der Waals surface area contributed by atoms with E-state index in [2.05, 4.69) is 31.0 Å². The van der Waals surface area contributed by atoms with Crippen molar-refractivity contribution >= 4 is 0 Å². The summed E-state index contributed by atoms with van der Waals surface area (Å²) >= 11 is 0. The SMILES string of the molecule is CC(C)(C)C(NC1CN2CCC1CC2)c1ccc(F)cc1. The Bertz CT molecular complexity index is 469. The summed E-state index contributed by atoms with van der Waals surface area (Å²) in [5.74, 6) is 0.648. The van der Waals surface area contributed by atoms with E-state index in [0.717, 1.165) is 5.92 Å². The lowest BCUT2D eigenvalue weighted by molar-refractivity contribution is 0.0568. The van der Waals surface area contributed by atoms with Crippen molar-refractivity contribution in [2.45, 2.75) is 45.7 Å². The molecule has 3 heteroatoms. The number of hydrogen-bond donors (Lipinski definition) is 1. The Kier molecular flexibility index (Phi) is 4.06. The van der Waals surface area contributed by atoms with E-state index in [0.29, 0.717) is 6.04 Å². The van der Waals surface area contributed by atoms with Crippen LogP contribution in [-0.4, -0.2) is 30.6 Å². The van der Waals surface area contributed by atoms with E-state index in [1.165, 1.54) is 38.0 Å². The van der Waals surface area contributed by atoms with E-state index < -0.39 is 0 Å². The van der Waals surface area contributed by atoms with Gasteiger partial charge in [0.25, 0.3) is 0 Å². The lowest BCUT2D eigenvalue weighted by Gasteiger charge is -2.48. The summed E-state index contributed by atoms with van der Waals surface area (Å²) in [6, 6.07) is 7.85. The van der Waals surface area contributed by atoms with Gasteiger partial charge in [-0.2, -0.15) is 0 Å². The van der Waals surface area contributed by atoms with Crippen molar-refractivity contribution in [3.63, 3.8) is 0 Å². The molecule has 0 aliphatic carbocycles. The van der Waals surface area contributed by atoms with E-state index in [1.54, 1.807) is 12.1 Å². The van der Waals surface area contributed by atoms with Crippen LogP contribution in [0.25, 0.3) is 0 Å². The quantitative estimate of drug-likeness (QED) is 0.915. The summed E-state index contributed by atoms with van der Waals surface area (Å²) in [5.41, 5.74) is 1.31. The van der Waals surface area contributed by atoms with Gasteiger partial charge in [0.05, 0.1) is 0 Å². The minimum absolute atomic E-state index is 0.115. The molecule has 1 aromatic carbocycles. The monoisotopic (exact) mass is 290 g/mol. The van der Waals surface area contributed by atoms with Crippen molar-refractivity contribution in [3.8, 4) is 0 Å². The van der Waals surface area contributed by atoms with Gasteiger partial charge in [-0.05, 0) is 55.0 Å². The number of halogens is 1. The van der Waals surface area contributed by atoms with Gasteiger partial charge >= 0.3 is 0 Å². The summed E-state index contributed by atoms with van der Waals surface area (Å²) in [6.07, 6.45) is 2.63. The van der Waals surface area contributed by atoms with Crippen molar-refractivity contribution in [2.24, 2.45) is 11.3 Å². The summed E-state index contributed by atoms with van der Waals surface area (Å²) in [5, 5.41) is 3.90. The maximum Gasteiger partial charge on any atom is 0.123 e. The summed E-state index contributed by atoms with van der Waals surface area (Å²) in [7, 11) is 0. The Morgan fingerprint density at radius 1 is 1.14 bits per heavy atom. The molecule has 1 aromatic rings. The highest BCUT2D eigenvalue weighted by Crippen LogP contribution is 2.36. The fraction of sp³-hybridized carbons (Fsp3) is 0.667. The van der Waals surface area contributed by atoms with Crippen molar-refractivity contribution in [3.05, 3.63) is 35.6 Å². The number of fused-ring (bicyclic) bond motifs is 3. The van der Waals surface area contributed by atoms with Crippen molar-refractivity contribution < 1.29 is 4.39 Å².